The van der Waals surface area contributed by atoms with Gasteiger partial charge in [0.25, 0.3) is 0 Å². The first-order valence-corrected chi connectivity index (χ1v) is 8.03. The summed E-state index contributed by atoms with van der Waals surface area (Å²) in [5.74, 6) is -0.267. The number of methoxy groups -OCH3 is 1. The van der Waals surface area contributed by atoms with Gasteiger partial charge < -0.3 is 15.4 Å². The summed E-state index contributed by atoms with van der Waals surface area (Å²) < 4.78 is 5.04. The third-order valence-electron chi connectivity index (χ3n) is 3.75. The Morgan fingerprint density at radius 3 is 2.17 bits per heavy atom. The Balaban J connectivity index is 2.50. The maximum absolute atomic E-state index is 12.1. The van der Waals surface area contributed by atoms with Crippen molar-refractivity contribution in [1.29, 1.82) is 0 Å². The van der Waals surface area contributed by atoms with Crippen LogP contribution in [0.4, 0.5) is 5.69 Å². The summed E-state index contributed by atoms with van der Waals surface area (Å²) in [6.07, 6.45) is 1.14. The molecule has 1 rings (SSSR count). The number of carbonyl (C=O) groups excluding carboxylic acids is 2. The van der Waals surface area contributed by atoms with Crippen LogP contribution >= 0.6 is 0 Å². The molecule has 1 aromatic rings. The summed E-state index contributed by atoms with van der Waals surface area (Å²) in [6, 6.07) is 4.06. The molecule has 5 nitrogen and oxygen atoms in total. The van der Waals surface area contributed by atoms with Crippen LogP contribution in [-0.2, 0) is 14.3 Å². The second-order valence-corrected chi connectivity index (χ2v) is 5.95. The predicted molar refractivity (Wildman–Crippen MR) is 92.6 cm³/mol. The number of benzene rings is 1. The first kappa shape index (κ1) is 19.2. The summed E-state index contributed by atoms with van der Waals surface area (Å²) in [6.45, 7) is 8.44. The van der Waals surface area contributed by atoms with Gasteiger partial charge in [-0.1, -0.05) is 24.6 Å². The highest BCUT2D eigenvalue weighted by molar-refractivity contribution is 5.94. The Labute approximate surface area is 138 Å². The zero-order valence-corrected chi connectivity index (χ0v) is 14.8. The molecule has 0 fully saturated rings. The lowest BCUT2D eigenvalue weighted by Crippen LogP contribution is -2.37. The highest BCUT2D eigenvalue weighted by Gasteiger charge is 2.13. The van der Waals surface area contributed by atoms with Crippen LogP contribution in [-0.4, -0.2) is 31.6 Å². The van der Waals surface area contributed by atoms with E-state index in [0.717, 1.165) is 23.2 Å². The van der Waals surface area contributed by atoms with E-state index in [4.69, 9.17) is 4.74 Å². The number of amides is 2. The minimum Gasteiger partial charge on any atom is -0.383 e. The van der Waals surface area contributed by atoms with Crippen molar-refractivity contribution in [3.63, 3.8) is 0 Å². The highest BCUT2D eigenvalue weighted by Crippen LogP contribution is 2.22. The number of ether oxygens (including phenoxy) is 1. The molecule has 1 aromatic carbocycles. The van der Waals surface area contributed by atoms with Gasteiger partial charge in [0.15, 0.2) is 0 Å². The van der Waals surface area contributed by atoms with Gasteiger partial charge in [0.1, 0.15) is 0 Å². The molecule has 0 aromatic heterocycles. The van der Waals surface area contributed by atoms with Gasteiger partial charge >= 0.3 is 0 Å². The van der Waals surface area contributed by atoms with E-state index < -0.39 is 0 Å². The second-order valence-electron chi connectivity index (χ2n) is 5.95. The normalized spacial score (nSPS) is 11.9. The van der Waals surface area contributed by atoms with E-state index in [1.165, 1.54) is 5.56 Å². The molecule has 0 spiro atoms. The number of hydrogen-bond acceptors (Lipinski definition) is 3. The molecule has 0 saturated heterocycles. The lowest BCUT2D eigenvalue weighted by molar-refractivity contribution is -0.125. The number of hydrogen-bond donors (Lipinski definition) is 2. The molecule has 0 bridgehead atoms. The van der Waals surface area contributed by atoms with Gasteiger partial charge in [-0.2, -0.15) is 0 Å². The molecule has 0 heterocycles. The topological polar surface area (TPSA) is 67.4 Å². The van der Waals surface area contributed by atoms with E-state index in [2.05, 4.69) is 10.6 Å². The lowest BCUT2D eigenvalue weighted by atomic mass is 10.0. The van der Waals surface area contributed by atoms with E-state index in [1.54, 1.807) is 7.11 Å². The van der Waals surface area contributed by atoms with Gasteiger partial charge in [-0.15, -0.1) is 0 Å². The fraction of sp³-hybridized carbons (Fsp3) is 0.556. The third-order valence-corrected chi connectivity index (χ3v) is 3.75. The highest BCUT2D eigenvalue weighted by atomic mass is 16.5. The molecular weight excluding hydrogens is 292 g/mol. The van der Waals surface area contributed by atoms with Crippen molar-refractivity contribution in [2.24, 2.45) is 0 Å². The zero-order valence-electron chi connectivity index (χ0n) is 14.8. The van der Waals surface area contributed by atoms with Crippen LogP contribution in [0, 0.1) is 20.8 Å². The Morgan fingerprint density at radius 1 is 1.09 bits per heavy atom. The van der Waals surface area contributed by atoms with E-state index in [9.17, 15) is 9.59 Å². The van der Waals surface area contributed by atoms with Gasteiger partial charge in [-0.05, 0) is 38.3 Å². The molecule has 0 saturated carbocycles. The van der Waals surface area contributed by atoms with Crippen molar-refractivity contribution in [2.75, 3.05) is 19.0 Å². The van der Waals surface area contributed by atoms with Gasteiger partial charge in [0, 0.05) is 25.6 Å². The zero-order chi connectivity index (χ0) is 17.4. The average Bonchev–Trinajstić information content (AvgIpc) is 2.48. The van der Waals surface area contributed by atoms with E-state index in [0.29, 0.717) is 6.61 Å². The third kappa shape index (κ3) is 6.40. The van der Waals surface area contributed by atoms with Crippen LogP contribution < -0.4 is 10.6 Å². The van der Waals surface area contributed by atoms with Crippen LogP contribution in [0.15, 0.2) is 12.1 Å². The maximum atomic E-state index is 12.1. The van der Waals surface area contributed by atoms with Gasteiger partial charge in [0.2, 0.25) is 11.8 Å². The minimum absolute atomic E-state index is 0.00264. The molecule has 128 valence electrons. The van der Waals surface area contributed by atoms with E-state index in [1.807, 2.05) is 39.8 Å². The number of anilines is 1. The molecule has 2 N–H and O–H groups in total. The Kier molecular flexibility index (Phi) is 7.75. The summed E-state index contributed by atoms with van der Waals surface area (Å²) >= 11 is 0. The van der Waals surface area contributed by atoms with Crippen molar-refractivity contribution < 1.29 is 14.3 Å². The summed E-state index contributed by atoms with van der Waals surface area (Å²) in [5, 5.41) is 5.78. The molecule has 1 unspecified atom stereocenters. The standard InChI is InChI=1S/C18H28N2O3/c1-6-15(11-23-5)19-16(21)7-8-17(22)20-18-13(3)9-12(2)10-14(18)4/h9-10,15H,6-8,11H2,1-5H3,(H,19,21)(H,20,22). The Morgan fingerprint density at radius 2 is 1.65 bits per heavy atom. The molecule has 2 amide bonds. The maximum Gasteiger partial charge on any atom is 0.224 e. The van der Waals surface area contributed by atoms with Gasteiger partial charge in [0.05, 0.1) is 12.6 Å². The van der Waals surface area contributed by atoms with Crippen molar-refractivity contribution in [1.82, 2.24) is 5.32 Å². The van der Waals surface area contributed by atoms with Crippen molar-refractivity contribution >= 4 is 17.5 Å². The first-order chi connectivity index (χ1) is 10.9. The fourth-order valence-corrected chi connectivity index (χ4v) is 2.57. The van der Waals surface area contributed by atoms with Crippen molar-refractivity contribution in [3.05, 3.63) is 28.8 Å². The monoisotopic (exact) mass is 320 g/mol. The number of rotatable bonds is 8. The summed E-state index contributed by atoms with van der Waals surface area (Å²) in [7, 11) is 1.61. The molecule has 0 aliphatic rings. The summed E-state index contributed by atoms with van der Waals surface area (Å²) in [5.41, 5.74) is 4.07. The second kappa shape index (κ2) is 9.30. The smallest absolute Gasteiger partial charge is 0.224 e. The summed E-state index contributed by atoms with van der Waals surface area (Å²) in [4.78, 5) is 23.9. The largest absolute Gasteiger partial charge is 0.383 e. The number of carbonyl (C=O) groups is 2. The van der Waals surface area contributed by atoms with Crippen LogP contribution in [0.2, 0.25) is 0 Å². The number of aryl methyl sites for hydroxylation is 3. The van der Waals surface area contributed by atoms with Crippen LogP contribution in [0.1, 0.15) is 42.9 Å². The lowest BCUT2D eigenvalue weighted by Gasteiger charge is -2.16. The van der Waals surface area contributed by atoms with Crippen LogP contribution in [0.25, 0.3) is 0 Å². The van der Waals surface area contributed by atoms with Gasteiger partial charge in [-0.3, -0.25) is 9.59 Å². The fourth-order valence-electron chi connectivity index (χ4n) is 2.57. The van der Waals surface area contributed by atoms with Crippen molar-refractivity contribution in [3.8, 4) is 0 Å². The SMILES string of the molecule is CCC(COC)NC(=O)CCC(=O)Nc1c(C)cc(C)cc1C. The molecule has 0 radical (unpaired) electrons. The van der Waals surface area contributed by atoms with Crippen molar-refractivity contribution in [2.45, 2.75) is 53.0 Å². The van der Waals surface area contributed by atoms with Crippen LogP contribution in [0.3, 0.4) is 0 Å². The molecule has 23 heavy (non-hydrogen) atoms. The molecule has 1 atom stereocenters. The Hall–Kier alpha value is -1.88. The first-order valence-electron chi connectivity index (χ1n) is 8.03. The van der Waals surface area contributed by atoms with E-state index in [-0.39, 0.29) is 30.7 Å². The molecule has 0 aliphatic heterocycles. The Bertz CT molecular complexity index is 532. The molecule has 5 heteroatoms. The minimum atomic E-state index is -0.144. The van der Waals surface area contributed by atoms with Gasteiger partial charge in [-0.25, -0.2) is 0 Å². The van der Waals surface area contributed by atoms with Crippen LogP contribution in [0.5, 0.6) is 0 Å². The molecular formula is C18H28N2O3. The van der Waals surface area contributed by atoms with E-state index >= 15 is 0 Å². The average molecular weight is 320 g/mol. The predicted octanol–water partition coefficient (Wildman–Crippen LogP) is 2.87. The number of nitrogens with one attached hydrogen (secondary N) is 2. The molecule has 0 aliphatic carbocycles. The quantitative estimate of drug-likeness (QED) is 0.774.